The number of aromatic nitrogens is 1. The van der Waals surface area contributed by atoms with Crippen LogP contribution in [0.4, 0.5) is 0 Å². The highest BCUT2D eigenvalue weighted by molar-refractivity contribution is 5.81. The maximum absolute atomic E-state index is 12.0. The summed E-state index contributed by atoms with van der Waals surface area (Å²) in [5.41, 5.74) is 0.861. The van der Waals surface area contributed by atoms with Gasteiger partial charge in [-0.1, -0.05) is 5.16 Å². The first-order chi connectivity index (χ1) is 8.16. The number of nitrogens with one attached hydrogen (secondary N) is 1. The summed E-state index contributed by atoms with van der Waals surface area (Å²) >= 11 is 0. The van der Waals surface area contributed by atoms with Crippen molar-refractivity contribution in [1.82, 2.24) is 15.4 Å². The van der Waals surface area contributed by atoms with Gasteiger partial charge in [0.15, 0.2) is 5.76 Å². The Balaban J connectivity index is 1.80. The van der Waals surface area contributed by atoms with Gasteiger partial charge in [-0.2, -0.15) is 0 Å². The molecule has 1 aliphatic heterocycles. The molecule has 5 heteroatoms. The highest BCUT2D eigenvalue weighted by atomic mass is 16.5. The van der Waals surface area contributed by atoms with Crippen molar-refractivity contribution in [2.75, 3.05) is 13.1 Å². The number of carbonyl (C=O) groups excluding carboxylic acids is 1. The van der Waals surface area contributed by atoms with Crippen molar-refractivity contribution in [3.8, 4) is 0 Å². The molecule has 0 saturated carbocycles. The van der Waals surface area contributed by atoms with Crippen LogP contribution < -0.4 is 5.32 Å². The molecule has 2 rings (SSSR count). The van der Waals surface area contributed by atoms with Gasteiger partial charge in [-0.25, -0.2) is 0 Å². The zero-order valence-corrected chi connectivity index (χ0v) is 10.4. The minimum absolute atomic E-state index is 0.168. The quantitative estimate of drug-likeness (QED) is 0.851. The Morgan fingerprint density at radius 2 is 2.29 bits per heavy atom. The van der Waals surface area contributed by atoms with E-state index in [1.165, 1.54) is 0 Å². The van der Waals surface area contributed by atoms with Gasteiger partial charge < -0.3 is 9.42 Å². The molecule has 17 heavy (non-hydrogen) atoms. The van der Waals surface area contributed by atoms with Crippen molar-refractivity contribution in [3.63, 3.8) is 0 Å². The van der Waals surface area contributed by atoms with Crippen LogP contribution in [0.25, 0.3) is 0 Å². The summed E-state index contributed by atoms with van der Waals surface area (Å²) in [6.07, 6.45) is 2.25. The molecule has 1 saturated heterocycles. The molecule has 1 fully saturated rings. The van der Waals surface area contributed by atoms with E-state index in [0.29, 0.717) is 6.54 Å². The number of likely N-dealkylation sites (tertiary alicyclic amines) is 1. The van der Waals surface area contributed by atoms with Crippen molar-refractivity contribution in [1.29, 1.82) is 0 Å². The predicted molar refractivity (Wildman–Crippen MR) is 63.4 cm³/mol. The fourth-order valence-electron chi connectivity index (χ4n) is 2.05. The van der Waals surface area contributed by atoms with E-state index in [9.17, 15) is 4.79 Å². The van der Waals surface area contributed by atoms with E-state index in [-0.39, 0.29) is 11.9 Å². The second-order valence-corrected chi connectivity index (χ2v) is 4.57. The Hall–Kier alpha value is -1.36. The maximum Gasteiger partial charge on any atom is 0.239 e. The van der Waals surface area contributed by atoms with Crippen molar-refractivity contribution in [2.45, 2.75) is 39.3 Å². The molecule has 1 atom stereocenters. The van der Waals surface area contributed by atoms with Gasteiger partial charge in [0.25, 0.3) is 0 Å². The van der Waals surface area contributed by atoms with Gasteiger partial charge in [-0.15, -0.1) is 0 Å². The van der Waals surface area contributed by atoms with Crippen molar-refractivity contribution < 1.29 is 9.32 Å². The lowest BCUT2D eigenvalue weighted by Gasteiger charge is -2.20. The summed E-state index contributed by atoms with van der Waals surface area (Å²) in [6, 6.07) is 1.71. The molecule has 0 bridgehead atoms. The van der Waals surface area contributed by atoms with E-state index in [1.54, 1.807) is 0 Å². The minimum atomic E-state index is -0.168. The largest absolute Gasteiger partial charge is 0.360 e. The summed E-state index contributed by atoms with van der Waals surface area (Å²) in [4.78, 5) is 13.9. The normalized spacial score (nSPS) is 17.4. The molecule has 1 unspecified atom stereocenters. The maximum atomic E-state index is 12.0. The summed E-state index contributed by atoms with van der Waals surface area (Å²) in [7, 11) is 0. The Labute approximate surface area is 101 Å². The number of hydrogen-bond acceptors (Lipinski definition) is 4. The second-order valence-electron chi connectivity index (χ2n) is 4.57. The Kier molecular flexibility index (Phi) is 3.78. The predicted octanol–water partition coefficient (Wildman–Crippen LogP) is 1.08. The molecule has 1 amide bonds. The van der Waals surface area contributed by atoms with Crippen LogP contribution in [0.3, 0.4) is 0 Å². The standard InChI is InChI=1S/C12H19N3O2/c1-9-7-11(17-14-9)8-13-10(2)12(16)15-5-3-4-6-15/h7,10,13H,3-6,8H2,1-2H3. The van der Waals surface area contributed by atoms with Gasteiger partial charge >= 0.3 is 0 Å². The van der Waals surface area contributed by atoms with E-state index in [4.69, 9.17) is 4.52 Å². The van der Waals surface area contributed by atoms with Crippen LogP contribution in [0.2, 0.25) is 0 Å². The first-order valence-corrected chi connectivity index (χ1v) is 6.11. The van der Waals surface area contributed by atoms with Gasteiger partial charge in [-0.05, 0) is 26.7 Å². The fraction of sp³-hybridized carbons (Fsp3) is 0.667. The van der Waals surface area contributed by atoms with E-state index < -0.39 is 0 Å². The van der Waals surface area contributed by atoms with Crippen LogP contribution in [0.1, 0.15) is 31.2 Å². The molecule has 0 radical (unpaired) electrons. The smallest absolute Gasteiger partial charge is 0.239 e. The van der Waals surface area contributed by atoms with E-state index in [1.807, 2.05) is 24.8 Å². The average Bonchev–Trinajstić information content (AvgIpc) is 2.95. The molecule has 2 heterocycles. The zero-order valence-electron chi connectivity index (χ0n) is 10.4. The third-order valence-electron chi connectivity index (χ3n) is 3.05. The SMILES string of the molecule is Cc1cc(CNC(C)C(=O)N2CCCC2)on1. The highest BCUT2D eigenvalue weighted by Crippen LogP contribution is 2.09. The molecule has 1 aliphatic rings. The first-order valence-electron chi connectivity index (χ1n) is 6.11. The molecule has 0 aliphatic carbocycles. The van der Waals surface area contributed by atoms with Crippen LogP contribution in [-0.4, -0.2) is 35.1 Å². The third-order valence-corrected chi connectivity index (χ3v) is 3.05. The number of rotatable bonds is 4. The number of aryl methyl sites for hydroxylation is 1. The summed E-state index contributed by atoms with van der Waals surface area (Å²) < 4.78 is 5.08. The number of nitrogens with zero attached hydrogens (tertiary/aromatic N) is 2. The molecule has 0 aromatic carbocycles. The number of carbonyl (C=O) groups is 1. The molecule has 0 spiro atoms. The average molecular weight is 237 g/mol. The van der Waals surface area contributed by atoms with Crippen LogP contribution in [0, 0.1) is 6.92 Å². The summed E-state index contributed by atoms with van der Waals surface area (Å²) in [5, 5.41) is 6.97. The van der Waals surface area contributed by atoms with Crippen molar-refractivity contribution >= 4 is 5.91 Å². The highest BCUT2D eigenvalue weighted by Gasteiger charge is 2.22. The Morgan fingerprint density at radius 1 is 1.59 bits per heavy atom. The molecular weight excluding hydrogens is 218 g/mol. The van der Waals surface area contributed by atoms with Crippen LogP contribution in [-0.2, 0) is 11.3 Å². The van der Waals surface area contributed by atoms with E-state index in [2.05, 4.69) is 10.5 Å². The molecule has 94 valence electrons. The summed E-state index contributed by atoms with van der Waals surface area (Å²) in [5.74, 6) is 0.947. The lowest BCUT2D eigenvalue weighted by molar-refractivity contribution is -0.132. The summed E-state index contributed by atoms with van der Waals surface area (Å²) in [6.45, 7) is 6.11. The van der Waals surface area contributed by atoms with Gasteiger partial charge in [0.1, 0.15) is 0 Å². The van der Waals surface area contributed by atoms with Crippen molar-refractivity contribution in [3.05, 3.63) is 17.5 Å². The zero-order chi connectivity index (χ0) is 12.3. The molecule has 1 aromatic rings. The van der Waals surface area contributed by atoms with E-state index >= 15 is 0 Å². The number of hydrogen-bond donors (Lipinski definition) is 1. The van der Waals surface area contributed by atoms with Crippen molar-refractivity contribution in [2.24, 2.45) is 0 Å². The van der Waals surface area contributed by atoms with Gasteiger partial charge in [0, 0.05) is 19.2 Å². The van der Waals surface area contributed by atoms with Crippen LogP contribution in [0.15, 0.2) is 10.6 Å². The minimum Gasteiger partial charge on any atom is -0.360 e. The fourth-order valence-corrected chi connectivity index (χ4v) is 2.05. The third kappa shape index (κ3) is 3.06. The van der Waals surface area contributed by atoms with Gasteiger partial charge in [0.05, 0.1) is 18.3 Å². The van der Waals surface area contributed by atoms with E-state index in [0.717, 1.165) is 37.4 Å². The monoisotopic (exact) mass is 237 g/mol. The van der Waals surface area contributed by atoms with Crippen LogP contribution >= 0.6 is 0 Å². The topological polar surface area (TPSA) is 58.4 Å². The molecular formula is C12H19N3O2. The lowest BCUT2D eigenvalue weighted by atomic mass is 10.2. The molecule has 1 N–H and O–H groups in total. The van der Waals surface area contributed by atoms with Gasteiger partial charge in [-0.3, -0.25) is 10.1 Å². The molecule has 1 aromatic heterocycles. The first kappa shape index (κ1) is 12.1. The Bertz CT molecular complexity index is 383. The second kappa shape index (κ2) is 5.31. The Morgan fingerprint density at radius 3 is 2.88 bits per heavy atom. The van der Waals surface area contributed by atoms with Crippen LogP contribution in [0.5, 0.6) is 0 Å². The lowest BCUT2D eigenvalue weighted by Crippen LogP contribution is -2.43. The van der Waals surface area contributed by atoms with Gasteiger partial charge in [0.2, 0.25) is 5.91 Å². The number of amides is 1. The molecule has 5 nitrogen and oxygen atoms in total.